The number of nitrogens with one attached hydrogen (secondary N) is 3. The van der Waals surface area contributed by atoms with Crippen molar-refractivity contribution in [2.24, 2.45) is 17.8 Å². The molecule has 5 aromatic rings. The molecule has 3 aromatic carbocycles. The number of hydrogen-bond acceptors (Lipinski definition) is 10. The maximum atomic E-state index is 13.9. The first kappa shape index (κ1) is 42.3. The second kappa shape index (κ2) is 17.8. The molecule has 15 nitrogen and oxygen atoms in total. The molecular formula is C45H54N8O7. The van der Waals surface area contributed by atoms with Gasteiger partial charge in [0.25, 0.3) is 0 Å². The molecule has 0 bridgehead atoms. The number of amides is 3. The molecule has 7 atom stereocenters. The summed E-state index contributed by atoms with van der Waals surface area (Å²) >= 11 is 0. The minimum absolute atomic E-state index is 0.111. The lowest BCUT2D eigenvalue weighted by atomic mass is 10.0. The number of H-pyrrole nitrogens is 2. The van der Waals surface area contributed by atoms with Gasteiger partial charge in [0.05, 0.1) is 50.1 Å². The number of carbonyl (C=O) groups is 3. The number of carboxylic acid groups (broad SMARTS) is 1. The van der Waals surface area contributed by atoms with Gasteiger partial charge in [-0.05, 0) is 53.9 Å². The quantitative estimate of drug-likeness (QED) is 0.0568. The van der Waals surface area contributed by atoms with E-state index < -0.39 is 35.1 Å². The molecule has 4 N–H and O–H groups in total. The van der Waals surface area contributed by atoms with Gasteiger partial charge in [0.1, 0.15) is 23.7 Å². The molecule has 2 fully saturated rings. The SMILES string of the molecule is COC[C@H]1C[C@@H](c2ncc(-c3ccc(-c4ccc(-c5cnc([C@@H]6C[C@H](C)CN6[N+](O)(C(=O)[O-])C(C)c6ccccc6)[nH]5)cc4)cc3)[nH]2)N(C(=O)C(NC(=O)OC)C(C)C)C1. The Morgan fingerprint density at radius 2 is 1.38 bits per heavy atom. The number of hydroxylamine groups is 2. The van der Waals surface area contributed by atoms with Crippen LogP contribution in [0.5, 0.6) is 0 Å². The molecule has 2 aromatic heterocycles. The molecule has 0 aliphatic carbocycles. The molecule has 60 heavy (non-hydrogen) atoms. The fraction of sp³-hybridized carbons (Fsp3) is 0.400. The number of aromatic amines is 2. The van der Waals surface area contributed by atoms with Gasteiger partial charge in [0.2, 0.25) is 5.91 Å². The van der Waals surface area contributed by atoms with Crippen LogP contribution in [0.4, 0.5) is 9.59 Å². The molecule has 0 spiro atoms. The van der Waals surface area contributed by atoms with Crippen LogP contribution in [0.15, 0.2) is 91.3 Å². The number of benzene rings is 3. The third kappa shape index (κ3) is 8.43. The van der Waals surface area contributed by atoms with Crippen LogP contribution in [0.2, 0.25) is 0 Å². The van der Waals surface area contributed by atoms with Crippen molar-refractivity contribution in [1.29, 1.82) is 0 Å². The lowest BCUT2D eigenvalue weighted by Crippen LogP contribution is -2.66. The first-order valence-electron chi connectivity index (χ1n) is 20.4. The Kier molecular flexibility index (Phi) is 12.5. The highest BCUT2D eigenvalue weighted by Gasteiger charge is 2.52. The van der Waals surface area contributed by atoms with E-state index in [2.05, 4.69) is 20.3 Å². The van der Waals surface area contributed by atoms with Crippen molar-refractivity contribution in [3.63, 3.8) is 0 Å². The smallest absolute Gasteiger partial charge is 0.407 e. The Morgan fingerprint density at radius 1 is 0.833 bits per heavy atom. The standard InChI is InChI=1S/C45H54N8O7/c1-27(2)40(50-44(55)60-6)43(54)51-25-30(26-59-5)21-38(51)41-46-22-36(48-41)34-16-12-32(13-17-34)33-14-18-35(19-15-33)37-23-47-42(49-37)39-20-28(3)24-52(39)53(58,45(56)57)29(4)31-10-8-7-9-11-31/h7-19,22-23,27-30,38-40,58H,20-21,24-26H2,1-6H3,(H3-,46,47,48,49,50,55,56,57)/t28-,29?,30-,38-,39-,40?,53?/m0/s1. The average molecular weight is 819 g/mol. The summed E-state index contributed by atoms with van der Waals surface area (Å²) in [5, 5.41) is 28.7. The van der Waals surface area contributed by atoms with Gasteiger partial charge in [-0.2, -0.15) is 5.21 Å². The number of quaternary nitrogens is 1. The molecule has 0 saturated carbocycles. The minimum atomic E-state index is -1.59. The molecule has 2 saturated heterocycles. The largest absolute Gasteiger partial charge is 0.494 e. The number of alkyl carbamates (subject to hydrolysis) is 1. The van der Waals surface area contributed by atoms with Gasteiger partial charge in [-0.15, -0.1) is 5.01 Å². The van der Waals surface area contributed by atoms with Crippen LogP contribution in [0.25, 0.3) is 33.6 Å². The summed E-state index contributed by atoms with van der Waals surface area (Å²) in [5.74, 6) is 1.13. The number of methoxy groups -OCH3 is 2. The summed E-state index contributed by atoms with van der Waals surface area (Å²) in [7, 11) is 2.93. The second-order valence-corrected chi connectivity index (χ2v) is 16.4. The third-order valence-corrected chi connectivity index (χ3v) is 12.0. The number of rotatable bonds is 13. The number of nitrogens with zero attached hydrogens (tertiary/aromatic N) is 5. The number of ether oxygens (including phenoxy) is 2. The Balaban J connectivity index is 1.05. The van der Waals surface area contributed by atoms with Crippen LogP contribution in [0.3, 0.4) is 0 Å². The summed E-state index contributed by atoms with van der Waals surface area (Å²) < 4.78 is 8.86. The van der Waals surface area contributed by atoms with Crippen molar-refractivity contribution >= 4 is 18.1 Å². The molecule has 15 heteroatoms. The van der Waals surface area contributed by atoms with E-state index in [0.29, 0.717) is 49.8 Å². The zero-order chi connectivity index (χ0) is 42.7. The van der Waals surface area contributed by atoms with E-state index in [9.17, 15) is 24.7 Å². The van der Waals surface area contributed by atoms with E-state index >= 15 is 0 Å². The second-order valence-electron chi connectivity index (χ2n) is 16.4. The Hall–Kier alpha value is -5.87. The minimum Gasteiger partial charge on any atom is -0.494 e. The zero-order valence-corrected chi connectivity index (χ0v) is 34.9. The Labute approximate surface area is 349 Å². The van der Waals surface area contributed by atoms with Crippen LogP contribution in [-0.4, -0.2) is 97.9 Å². The van der Waals surface area contributed by atoms with Gasteiger partial charge < -0.3 is 39.6 Å². The normalized spacial score (nSPS) is 21.4. The van der Waals surface area contributed by atoms with E-state index in [-0.39, 0.29) is 29.7 Å². The first-order valence-corrected chi connectivity index (χ1v) is 20.4. The number of carbonyl (C=O) groups excluding carboxylic acids is 3. The van der Waals surface area contributed by atoms with E-state index in [4.69, 9.17) is 14.5 Å². The molecule has 316 valence electrons. The molecule has 0 radical (unpaired) electrons. The predicted octanol–water partition coefficient (Wildman–Crippen LogP) is 6.66. The highest BCUT2D eigenvalue weighted by molar-refractivity contribution is 5.86. The monoisotopic (exact) mass is 818 g/mol. The lowest BCUT2D eigenvalue weighted by molar-refractivity contribution is -1.16. The molecule has 3 unspecified atom stereocenters. The fourth-order valence-electron chi connectivity index (χ4n) is 8.69. The molecular weight excluding hydrogens is 765 g/mol. The fourth-order valence-corrected chi connectivity index (χ4v) is 8.69. The zero-order valence-electron chi connectivity index (χ0n) is 34.9. The maximum absolute atomic E-state index is 13.9. The van der Waals surface area contributed by atoms with E-state index in [0.717, 1.165) is 33.6 Å². The highest BCUT2D eigenvalue weighted by Crippen LogP contribution is 2.42. The third-order valence-electron chi connectivity index (χ3n) is 12.0. The van der Waals surface area contributed by atoms with Crippen LogP contribution in [0, 0.1) is 17.8 Å². The van der Waals surface area contributed by atoms with Gasteiger partial charge in [-0.3, -0.25) is 4.79 Å². The van der Waals surface area contributed by atoms with Crippen LogP contribution < -0.4 is 10.4 Å². The van der Waals surface area contributed by atoms with Crippen molar-refractivity contribution in [2.75, 3.05) is 33.9 Å². The van der Waals surface area contributed by atoms with Gasteiger partial charge in [0, 0.05) is 25.1 Å². The molecule has 3 amide bonds. The van der Waals surface area contributed by atoms with Crippen molar-refractivity contribution in [1.82, 2.24) is 35.2 Å². The summed E-state index contributed by atoms with van der Waals surface area (Å²) in [5.41, 5.74) is 6.16. The van der Waals surface area contributed by atoms with Crippen molar-refractivity contribution in [3.05, 3.63) is 108 Å². The maximum Gasteiger partial charge on any atom is 0.407 e. The summed E-state index contributed by atoms with van der Waals surface area (Å²) in [6.45, 7) is 8.83. The van der Waals surface area contributed by atoms with Crippen molar-refractivity contribution in [3.8, 4) is 33.6 Å². The molecule has 2 aliphatic heterocycles. The first-order chi connectivity index (χ1) is 28.8. The predicted molar refractivity (Wildman–Crippen MR) is 221 cm³/mol. The Morgan fingerprint density at radius 3 is 1.90 bits per heavy atom. The highest BCUT2D eigenvalue weighted by atomic mass is 16.7. The number of imidazole rings is 2. The van der Waals surface area contributed by atoms with Crippen LogP contribution in [0.1, 0.15) is 75.9 Å². The summed E-state index contributed by atoms with van der Waals surface area (Å²) in [4.78, 5) is 56.7. The average Bonchev–Trinajstić information content (AvgIpc) is 4.09. The molecule has 7 rings (SSSR count). The lowest BCUT2D eigenvalue weighted by Gasteiger charge is -2.42. The number of aromatic nitrogens is 4. The topological polar surface area (TPSA) is 189 Å². The van der Waals surface area contributed by atoms with Gasteiger partial charge >= 0.3 is 12.2 Å². The summed E-state index contributed by atoms with van der Waals surface area (Å²) in [6.07, 6.45) is 2.56. The van der Waals surface area contributed by atoms with E-state index in [1.807, 2.05) is 87.5 Å². The van der Waals surface area contributed by atoms with Crippen LogP contribution >= 0.6 is 0 Å². The van der Waals surface area contributed by atoms with Gasteiger partial charge in [0.15, 0.2) is 6.04 Å². The summed E-state index contributed by atoms with van der Waals surface area (Å²) in [6, 6.07) is 23.0. The van der Waals surface area contributed by atoms with E-state index in [1.165, 1.54) is 7.11 Å². The van der Waals surface area contributed by atoms with Crippen LogP contribution in [-0.2, 0) is 14.3 Å². The molecule has 4 heterocycles. The molecule has 2 aliphatic rings. The van der Waals surface area contributed by atoms with Crippen molar-refractivity contribution < 1.29 is 38.9 Å². The Bertz CT molecular complexity index is 2260. The van der Waals surface area contributed by atoms with Gasteiger partial charge in [-0.25, -0.2) is 14.8 Å². The number of likely N-dealkylation sites (tertiary alicyclic amines) is 1. The number of hydrogen-bond donors (Lipinski definition) is 4. The van der Waals surface area contributed by atoms with Gasteiger partial charge in [-0.1, -0.05) is 104 Å². The van der Waals surface area contributed by atoms with Crippen molar-refractivity contribution in [2.45, 2.75) is 64.7 Å². The van der Waals surface area contributed by atoms with E-state index in [1.54, 1.807) is 48.5 Å².